The van der Waals surface area contributed by atoms with Crippen LogP contribution in [0.25, 0.3) is 0 Å². The molecule has 0 aromatic heterocycles. The number of nitriles is 1. The van der Waals surface area contributed by atoms with Crippen LogP contribution in [0.15, 0.2) is 24.3 Å². The first-order chi connectivity index (χ1) is 9.26. The number of hydrogen-bond donors (Lipinski definition) is 2. The predicted octanol–water partition coefficient (Wildman–Crippen LogP) is 3.45. The zero-order valence-electron chi connectivity index (χ0n) is 11.4. The van der Waals surface area contributed by atoms with Crippen LogP contribution in [0.3, 0.4) is 0 Å². The minimum Gasteiger partial charge on any atom is -0.338 e. The van der Waals surface area contributed by atoms with Crippen LogP contribution in [0.1, 0.15) is 38.2 Å². The molecule has 2 N–H and O–H groups in total. The fourth-order valence-electron chi connectivity index (χ4n) is 1.73. The third-order valence-corrected chi connectivity index (χ3v) is 2.81. The first kappa shape index (κ1) is 15.0. The van der Waals surface area contributed by atoms with E-state index < -0.39 is 0 Å². The minimum atomic E-state index is -0.176. The molecule has 2 amide bonds. The highest BCUT2D eigenvalue weighted by molar-refractivity contribution is 5.89. The van der Waals surface area contributed by atoms with Gasteiger partial charge in [0.1, 0.15) is 0 Å². The van der Waals surface area contributed by atoms with Crippen LogP contribution >= 0.6 is 0 Å². The third-order valence-electron chi connectivity index (χ3n) is 2.81. The predicted molar refractivity (Wildman–Crippen MR) is 76.9 cm³/mol. The van der Waals surface area contributed by atoms with Gasteiger partial charge < -0.3 is 10.6 Å². The van der Waals surface area contributed by atoms with Crippen LogP contribution < -0.4 is 10.6 Å². The summed E-state index contributed by atoms with van der Waals surface area (Å²) in [5.74, 6) is 0. The molecule has 19 heavy (non-hydrogen) atoms. The van der Waals surface area contributed by atoms with Gasteiger partial charge in [0.05, 0.1) is 12.5 Å². The lowest BCUT2D eigenvalue weighted by molar-refractivity contribution is 0.252. The highest BCUT2D eigenvalue weighted by Gasteiger charge is 2.00. The van der Waals surface area contributed by atoms with E-state index >= 15 is 0 Å². The van der Waals surface area contributed by atoms with Crippen molar-refractivity contribution in [1.82, 2.24) is 5.32 Å². The number of nitrogens with zero attached hydrogens (tertiary/aromatic N) is 1. The topological polar surface area (TPSA) is 64.9 Å². The average Bonchev–Trinajstić information content (AvgIpc) is 2.41. The molecular formula is C15H21N3O. The third kappa shape index (κ3) is 6.46. The molecule has 0 aliphatic heterocycles. The highest BCUT2D eigenvalue weighted by atomic mass is 16.2. The Morgan fingerprint density at radius 1 is 1.21 bits per heavy atom. The number of urea groups is 1. The van der Waals surface area contributed by atoms with Crippen LogP contribution in [0.4, 0.5) is 10.5 Å². The van der Waals surface area contributed by atoms with Crippen LogP contribution in [-0.4, -0.2) is 12.6 Å². The van der Waals surface area contributed by atoms with Gasteiger partial charge in [-0.1, -0.05) is 38.3 Å². The number of carbonyl (C=O) groups excluding carboxylic acids is 1. The summed E-state index contributed by atoms with van der Waals surface area (Å²) < 4.78 is 0. The van der Waals surface area contributed by atoms with Crippen molar-refractivity contribution >= 4 is 11.7 Å². The Morgan fingerprint density at radius 2 is 1.95 bits per heavy atom. The normalized spacial score (nSPS) is 9.68. The molecule has 0 saturated heterocycles. The van der Waals surface area contributed by atoms with Gasteiger partial charge >= 0.3 is 6.03 Å². The minimum absolute atomic E-state index is 0.176. The fourth-order valence-corrected chi connectivity index (χ4v) is 1.73. The molecule has 1 aromatic rings. The Hall–Kier alpha value is -2.02. The second-order valence-corrected chi connectivity index (χ2v) is 4.47. The molecule has 0 saturated carbocycles. The summed E-state index contributed by atoms with van der Waals surface area (Å²) in [4.78, 5) is 11.6. The number of amides is 2. The Bertz CT molecular complexity index is 420. The molecule has 0 bridgehead atoms. The van der Waals surface area contributed by atoms with E-state index in [0.29, 0.717) is 13.0 Å². The van der Waals surface area contributed by atoms with Crippen molar-refractivity contribution in [2.24, 2.45) is 0 Å². The van der Waals surface area contributed by atoms with Gasteiger partial charge in [0, 0.05) is 12.2 Å². The number of carbonyl (C=O) groups is 1. The molecule has 0 heterocycles. The van der Waals surface area contributed by atoms with Crippen molar-refractivity contribution in [3.05, 3.63) is 29.8 Å². The zero-order valence-corrected chi connectivity index (χ0v) is 11.4. The van der Waals surface area contributed by atoms with E-state index in [4.69, 9.17) is 5.26 Å². The van der Waals surface area contributed by atoms with E-state index in [1.807, 2.05) is 24.3 Å². The zero-order chi connectivity index (χ0) is 13.9. The van der Waals surface area contributed by atoms with Crippen molar-refractivity contribution in [3.8, 4) is 6.07 Å². The summed E-state index contributed by atoms with van der Waals surface area (Å²) in [7, 11) is 0. The lowest BCUT2D eigenvalue weighted by atomic mass is 10.1. The molecule has 1 aromatic carbocycles. The number of rotatable bonds is 7. The van der Waals surface area contributed by atoms with E-state index in [0.717, 1.165) is 24.1 Å². The quantitative estimate of drug-likeness (QED) is 0.736. The average molecular weight is 259 g/mol. The first-order valence-corrected chi connectivity index (χ1v) is 6.77. The number of anilines is 1. The smallest absolute Gasteiger partial charge is 0.319 e. The van der Waals surface area contributed by atoms with Crippen LogP contribution in [-0.2, 0) is 6.42 Å². The molecule has 1 rings (SSSR count). The standard InChI is InChI=1S/C15H21N3O/c1-2-3-4-5-12-17-15(19)18-14-8-6-13(7-9-14)10-11-16/h6-9H,2-5,10,12H2,1H3,(H2,17,18,19). The SMILES string of the molecule is CCCCCCNC(=O)Nc1ccc(CC#N)cc1. The van der Waals surface area contributed by atoms with Gasteiger partial charge in [0.25, 0.3) is 0 Å². The second kappa shape index (κ2) is 8.98. The summed E-state index contributed by atoms with van der Waals surface area (Å²) >= 11 is 0. The molecule has 0 unspecified atom stereocenters. The molecule has 4 heteroatoms. The van der Waals surface area contributed by atoms with Gasteiger partial charge in [-0.3, -0.25) is 0 Å². The van der Waals surface area contributed by atoms with E-state index in [-0.39, 0.29) is 6.03 Å². The molecule has 4 nitrogen and oxygen atoms in total. The Morgan fingerprint density at radius 3 is 2.58 bits per heavy atom. The van der Waals surface area contributed by atoms with Gasteiger partial charge in [0.15, 0.2) is 0 Å². The van der Waals surface area contributed by atoms with E-state index in [9.17, 15) is 4.79 Å². The Kier molecular flexibility index (Phi) is 7.11. The summed E-state index contributed by atoms with van der Waals surface area (Å²) in [5, 5.41) is 14.2. The Labute approximate surface area is 114 Å². The van der Waals surface area contributed by atoms with Crippen molar-refractivity contribution in [2.45, 2.75) is 39.0 Å². The molecule has 0 radical (unpaired) electrons. The molecule has 0 fully saturated rings. The van der Waals surface area contributed by atoms with Crippen molar-refractivity contribution in [3.63, 3.8) is 0 Å². The van der Waals surface area contributed by atoms with Crippen molar-refractivity contribution in [1.29, 1.82) is 5.26 Å². The largest absolute Gasteiger partial charge is 0.338 e. The monoisotopic (exact) mass is 259 g/mol. The number of benzene rings is 1. The van der Waals surface area contributed by atoms with Crippen LogP contribution in [0.5, 0.6) is 0 Å². The summed E-state index contributed by atoms with van der Waals surface area (Å²) in [5.41, 5.74) is 1.70. The summed E-state index contributed by atoms with van der Waals surface area (Å²) in [6, 6.07) is 9.23. The van der Waals surface area contributed by atoms with Crippen molar-refractivity contribution in [2.75, 3.05) is 11.9 Å². The molecule has 0 spiro atoms. The molecule has 102 valence electrons. The van der Waals surface area contributed by atoms with Gasteiger partial charge in [-0.2, -0.15) is 5.26 Å². The molecule has 0 aliphatic rings. The number of hydrogen-bond acceptors (Lipinski definition) is 2. The van der Waals surface area contributed by atoms with Gasteiger partial charge in [-0.15, -0.1) is 0 Å². The maximum Gasteiger partial charge on any atom is 0.319 e. The second-order valence-electron chi connectivity index (χ2n) is 4.47. The molecule has 0 aliphatic carbocycles. The van der Waals surface area contributed by atoms with E-state index in [1.165, 1.54) is 12.8 Å². The fraction of sp³-hybridized carbons (Fsp3) is 0.467. The Balaban J connectivity index is 2.26. The lowest BCUT2D eigenvalue weighted by Crippen LogP contribution is -2.29. The van der Waals surface area contributed by atoms with E-state index in [2.05, 4.69) is 23.6 Å². The van der Waals surface area contributed by atoms with Gasteiger partial charge in [-0.05, 0) is 24.1 Å². The highest BCUT2D eigenvalue weighted by Crippen LogP contribution is 2.09. The lowest BCUT2D eigenvalue weighted by Gasteiger charge is -2.07. The van der Waals surface area contributed by atoms with Crippen molar-refractivity contribution < 1.29 is 4.79 Å². The maximum atomic E-state index is 11.6. The van der Waals surface area contributed by atoms with Crippen LogP contribution in [0, 0.1) is 11.3 Å². The van der Waals surface area contributed by atoms with Gasteiger partial charge in [-0.25, -0.2) is 4.79 Å². The number of nitrogens with one attached hydrogen (secondary N) is 2. The van der Waals surface area contributed by atoms with Gasteiger partial charge in [0.2, 0.25) is 0 Å². The molecule has 0 atom stereocenters. The summed E-state index contributed by atoms with van der Waals surface area (Å²) in [6.45, 7) is 2.87. The van der Waals surface area contributed by atoms with E-state index in [1.54, 1.807) is 0 Å². The molecular weight excluding hydrogens is 238 g/mol. The maximum absolute atomic E-state index is 11.6. The first-order valence-electron chi connectivity index (χ1n) is 6.77. The summed E-state index contributed by atoms with van der Waals surface area (Å²) in [6.07, 6.45) is 4.97. The van der Waals surface area contributed by atoms with Crippen LogP contribution in [0.2, 0.25) is 0 Å². The number of unbranched alkanes of at least 4 members (excludes halogenated alkanes) is 3.